The molecule has 11 heavy (non-hydrogen) atoms. The molecule has 0 spiro atoms. The lowest BCUT2D eigenvalue weighted by molar-refractivity contribution is 0.0995. The molecule has 0 aliphatic carbocycles. The Balaban J connectivity index is 3.15. The van der Waals surface area contributed by atoms with Gasteiger partial charge in [-0.25, -0.2) is 9.97 Å². The van der Waals surface area contributed by atoms with Gasteiger partial charge >= 0.3 is 0 Å². The molecule has 58 valence electrons. The standard InChI is InChI=1S/C5H3Cl2N3O/c6-3-4(7)10-2(1-9-3)5(8)11/h1H,(H2,8,11). The van der Waals surface area contributed by atoms with Gasteiger partial charge in [-0.3, -0.25) is 4.79 Å². The first-order chi connectivity index (χ1) is 5.11. The van der Waals surface area contributed by atoms with E-state index in [0.717, 1.165) is 6.20 Å². The zero-order chi connectivity index (χ0) is 8.43. The fourth-order valence-electron chi connectivity index (χ4n) is 0.471. The van der Waals surface area contributed by atoms with Crippen molar-refractivity contribution in [3.8, 4) is 0 Å². The molecule has 6 heteroatoms. The number of nitrogens with two attached hydrogens (primary N) is 1. The molecule has 1 heterocycles. The van der Waals surface area contributed by atoms with Crippen molar-refractivity contribution in [1.29, 1.82) is 0 Å². The van der Waals surface area contributed by atoms with Crippen LogP contribution in [0, 0.1) is 0 Å². The lowest BCUT2D eigenvalue weighted by atomic mass is 10.4. The maximum absolute atomic E-state index is 10.5. The van der Waals surface area contributed by atoms with E-state index in [0.29, 0.717) is 0 Å². The fourth-order valence-corrected chi connectivity index (χ4v) is 0.701. The first kappa shape index (κ1) is 8.23. The van der Waals surface area contributed by atoms with Crippen LogP contribution in [0.4, 0.5) is 0 Å². The van der Waals surface area contributed by atoms with Crippen LogP contribution >= 0.6 is 23.2 Å². The Hall–Kier alpha value is -0.870. The van der Waals surface area contributed by atoms with Gasteiger partial charge in [0.2, 0.25) is 0 Å². The van der Waals surface area contributed by atoms with Crippen LogP contribution < -0.4 is 5.73 Å². The minimum atomic E-state index is -0.684. The fraction of sp³-hybridized carbons (Fsp3) is 0. The number of aromatic nitrogens is 2. The molecule has 0 bridgehead atoms. The van der Waals surface area contributed by atoms with Crippen molar-refractivity contribution in [1.82, 2.24) is 9.97 Å². The Morgan fingerprint density at radius 3 is 2.55 bits per heavy atom. The smallest absolute Gasteiger partial charge is 0.268 e. The van der Waals surface area contributed by atoms with Gasteiger partial charge < -0.3 is 5.73 Å². The van der Waals surface area contributed by atoms with E-state index in [4.69, 9.17) is 28.9 Å². The third-order valence-electron chi connectivity index (χ3n) is 0.941. The number of primary amides is 1. The summed E-state index contributed by atoms with van der Waals surface area (Å²) >= 11 is 10.9. The molecule has 0 aliphatic rings. The van der Waals surface area contributed by atoms with Gasteiger partial charge in [0.25, 0.3) is 5.91 Å². The van der Waals surface area contributed by atoms with Crippen LogP contribution in [-0.4, -0.2) is 15.9 Å². The second-order valence-corrected chi connectivity index (χ2v) is 2.42. The number of hydrogen-bond acceptors (Lipinski definition) is 3. The van der Waals surface area contributed by atoms with Gasteiger partial charge in [-0.15, -0.1) is 0 Å². The van der Waals surface area contributed by atoms with Crippen molar-refractivity contribution in [3.05, 3.63) is 22.2 Å². The second-order valence-electron chi connectivity index (χ2n) is 1.70. The van der Waals surface area contributed by atoms with Crippen molar-refractivity contribution in [3.63, 3.8) is 0 Å². The van der Waals surface area contributed by atoms with Gasteiger partial charge in [0.15, 0.2) is 10.3 Å². The maximum atomic E-state index is 10.5. The minimum absolute atomic E-state index is 0.000556. The summed E-state index contributed by atoms with van der Waals surface area (Å²) in [7, 11) is 0. The highest BCUT2D eigenvalue weighted by Crippen LogP contribution is 2.15. The predicted octanol–water partition coefficient (Wildman–Crippen LogP) is 0.882. The first-order valence-corrected chi connectivity index (χ1v) is 3.34. The van der Waals surface area contributed by atoms with Crippen LogP contribution in [0.5, 0.6) is 0 Å². The molecule has 0 atom stereocenters. The monoisotopic (exact) mass is 191 g/mol. The quantitative estimate of drug-likeness (QED) is 0.717. The van der Waals surface area contributed by atoms with Crippen molar-refractivity contribution in [2.24, 2.45) is 5.73 Å². The molecule has 1 rings (SSSR count). The molecular formula is C5H3Cl2N3O. The maximum Gasteiger partial charge on any atom is 0.268 e. The van der Waals surface area contributed by atoms with Crippen LogP contribution in [0.25, 0.3) is 0 Å². The van der Waals surface area contributed by atoms with Crippen molar-refractivity contribution >= 4 is 29.1 Å². The molecule has 0 saturated heterocycles. The lowest BCUT2D eigenvalue weighted by Crippen LogP contribution is -2.13. The Labute approximate surface area is 72.3 Å². The van der Waals surface area contributed by atoms with E-state index in [2.05, 4.69) is 9.97 Å². The van der Waals surface area contributed by atoms with Crippen LogP contribution in [-0.2, 0) is 0 Å². The van der Waals surface area contributed by atoms with Crippen molar-refractivity contribution in [2.75, 3.05) is 0 Å². The number of carbonyl (C=O) groups excluding carboxylic acids is 1. The highest BCUT2D eigenvalue weighted by atomic mass is 35.5. The highest BCUT2D eigenvalue weighted by molar-refractivity contribution is 6.40. The summed E-state index contributed by atoms with van der Waals surface area (Å²) in [6, 6.07) is 0. The Morgan fingerprint density at radius 2 is 2.09 bits per heavy atom. The van der Waals surface area contributed by atoms with Gasteiger partial charge in [0.1, 0.15) is 5.69 Å². The molecule has 0 aromatic carbocycles. The summed E-state index contributed by atoms with van der Waals surface area (Å²) < 4.78 is 0. The predicted molar refractivity (Wildman–Crippen MR) is 40.6 cm³/mol. The van der Waals surface area contributed by atoms with E-state index in [9.17, 15) is 4.79 Å². The lowest BCUT2D eigenvalue weighted by Gasteiger charge is -1.95. The largest absolute Gasteiger partial charge is 0.364 e. The molecule has 0 aliphatic heterocycles. The van der Waals surface area contributed by atoms with E-state index in [1.165, 1.54) is 0 Å². The van der Waals surface area contributed by atoms with E-state index >= 15 is 0 Å². The average Bonchev–Trinajstić information content (AvgIpc) is 1.94. The number of carbonyl (C=O) groups is 1. The van der Waals surface area contributed by atoms with Crippen LogP contribution in [0.3, 0.4) is 0 Å². The normalized spacial score (nSPS) is 9.64. The summed E-state index contributed by atoms with van der Waals surface area (Å²) in [5.74, 6) is -0.684. The van der Waals surface area contributed by atoms with Gasteiger partial charge in [-0.1, -0.05) is 23.2 Å². The third-order valence-corrected chi connectivity index (χ3v) is 1.58. The number of amides is 1. The van der Waals surface area contributed by atoms with Gasteiger partial charge in [-0.05, 0) is 0 Å². The van der Waals surface area contributed by atoms with Crippen molar-refractivity contribution in [2.45, 2.75) is 0 Å². The molecule has 1 aromatic heterocycles. The Morgan fingerprint density at radius 1 is 1.45 bits per heavy atom. The Kier molecular flexibility index (Phi) is 2.26. The van der Waals surface area contributed by atoms with Crippen LogP contribution in [0.15, 0.2) is 6.20 Å². The Bertz CT molecular complexity index is 302. The molecule has 1 amide bonds. The molecule has 4 nitrogen and oxygen atoms in total. The zero-order valence-corrected chi connectivity index (χ0v) is 6.73. The topological polar surface area (TPSA) is 68.9 Å². The zero-order valence-electron chi connectivity index (χ0n) is 5.21. The molecule has 0 saturated carbocycles. The number of halogens is 2. The second kappa shape index (κ2) is 3.02. The van der Waals surface area contributed by atoms with Crippen molar-refractivity contribution < 1.29 is 4.79 Å². The van der Waals surface area contributed by atoms with Crippen LogP contribution in [0.1, 0.15) is 10.5 Å². The summed E-state index contributed by atoms with van der Waals surface area (Å²) in [5.41, 5.74) is 4.89. The summed E-state index contributed by atoms with van der Waals surface area (Å²) in [6.07, 6.45) is 1.16. The first-order valence-electron chi connectivity index (χ1n) is 2.59. The number of rotatable bonds is 1. The molecule has 0 radical (unpaired) electrons. The summed E-state index contributed by atoms with van der Waals surface area (Å²) in [6.45, 7) is 0. The van der Waals surface area contributed by atoms with Gasteiger partial charge in [0.05, 0.1) is 6.20 Å². The van der Waals surface area contributed by atoms with Gasteiger partial charge in [-0.2, -0.15) is 0 Å². The molecule has 0 fully saturated rings. The number of hydrogen-bond donors (Lipinski definition) is 1. The van der Waals surface area contributed by atoms with E-state index in [-0.39, 0.29) is 16.0 Å². The van der Waals surface area contributed by atoms with E-state index in [1.54, 1.807) is 0 Å². The highest BCUT2D eigenvalue weighted by Gasteiger charge is 2.06. The summed E-state index contributed by atoms with van der Waals surface area (Å²) in [5, 5.41) is 0.0274. The van der Waals surface area contributed by atoms with Gasteiger partial charge in [0, 0.05) is 0 Å². The molecule has 0 unspecified atom stereocenters. The third kappa shape index (κ3) is 1.78. The SMILES string of the molecule is NC(=O)c1cnc(Cl)c(Cl)n1. The average molecular weight is 192 g/mol. The molecule has 2 N–H and O–H groups in total. The number of nitrogens with zero attached hydrogens (tertiary/aromatic N) is 2. The minimum Gasteiger partial charge on any atom is -0.364 e. The van der Waals surface area contributed by atoms with Crippen LogP contribution in [0.2, 0.25) is 10.3 Å². The molecule has 1 aromatic rings. The van der Waals surface area contributed by atoms with E-state index in [1.807, 2.05) is 0 Å². The summed E-state index contributed by atoms with van der Waals surface area (Å²) in [4.78, 5) is 17.6. The molecular weight excluding hydrogens is 189 g/mol. The van der Waals surface area contributed by atoms with E-state index < -0.39 is 5.91 Å².